The third kappa shape index (κ3) is 1.78. The van der Waals surface area contributed by atoms with E-state index in [2.05, 4.69) is 4.84 Å². The number of nitrogens with two attached hydrogens (primary N) is 1. The van der Waals surface area contributed by atoms with Gasteiger partial charge < -0.3 is 0 Å². The van der Waals surface area contributed by atoms with E-state index in [0.717, 1.165) is 12.1 Å². The van der Waals surface area contributed by atoms with Gasteiger partial charge in [-0.25, -0.2) is 14.7 Å². The first-order chi connectivity index (χ1) is 5.65. The summed E-state index contributed by atoms with van der Waals surface area (Å²) in [4.78, 5) is 4.44. The van der Waals surface area contributed by atoms with Gasteiger partial charge in [0, 0.05) is 0 Å². The molecule has 0 amide bonds. The van der Waals surface area contributed by atoms with Gasteiger partial charge in [-0.05, 0) is 24.6 Å². The zero-order valence-electron chi connectivity index (χ0n) is 6.55. The first-order valence-electron chi connectivity index (χ1n) is 3.45. The topological polar surface area (TPSA) is 35.2 Å². The Morgan fingerprint density at radius 2 is 2.00 bits per heavy atom. The van der Waals surface area contributed by atoms with Crippen LogP contribution in [0.2, 0.25) is 0 Å². The molecule has 4 heteroatoms. The summed E-state index contributed by atoms with van der Waals surface area (Å²) in [6.07, 6.45) is -0.430. The molecule has 0 aliphatic heterocycles. The van der Waals surface area contributed by atoms with Crippen molar-refractivity contribution < 1.29 is 13.6 Å². The molecule has 66 valence electrons. The van der Waals surface area contributed by atoms with E-state index in [1.54, 1.807) is 6.92 Å². The molecule has 0 fully saturated rings. The van der Waals surface area contributed by atoms with Crippen molar-refractivity contribution in [1.82, 2.24) is 0 Å². The maximum Gasteiger partial charge on any atom is 0.159 e. The molecule has 0 radical (unpaired) electrons. The summed E-state index contributed by atoms with van der Waals surface area (Å²) >= 11 is 0. The summed E-state index contributed by atoms with van der Waals surface area (Å²) < 4.78 is 25.0. The van der Waals surface area contributed by atoms with Crippen LogP contribution in [0.5, 0.6) is 0 Å². The largest absolute Gasteiger partial charge is 0.297 e. The minimum Gasteiger partial charge on any atom is -0.297 e. The normalized spacial score (nSPS) is 13.0. The van der Waals surface area contributed by atoms with Crippen molar-refractivity contribution in [2.24, 2.45) is 5.90 Å². The Kier molecular flexibility index (Phi) is 2.73. The van der Waals surface area contributed by atoms with E-state index in [9.17, 15) is 8.78 Å². The third-order valence-electron chi connectivity index (χ3n) is 1.62. The third-order valence-corrected chi connectivity index (χ3v) is 1.62. The van der Waals surface area contributed by atoms with Crippen LogP contribution in [0.4, 0.5) is 8.78 Å². The Morgan fingerprint density at radius 3 is 2.50 bits per heavy atom. The van der Waals surface area contributed by atoms with Crippen molar-refractivity contribution >= 4 is 0 Å². The highest BCUT2D eigenvalue weighted by Gasteiger charge is 2.07. The lowest BCUT2D eigenvalue weighted by molar-refractivity contribution is 0.0661. The Bertz CT molecular complexity index is 278. The SMILES string of the molecule is CC(ON)c1ccc(F)c(F)c1. The number of benzene rings is 1. The van der Waals surface area contributed by atoms with E-state index < -0.39 is 17.7 Å². The second kappa shape index (κ2) is 3.60. The summed E-state index contributed by atoms with van der Waals surface area (Å²) in [6, 6.07) is 3.53. The molecule has 1 unspecified atom stereocenters. The highest BCUT2D eigenvalue weighted by Crippen LogP contribution is 2.17. The van der Waals surface area contributed by atoms with Crippen LogP contribution in [-0.2, 0) is 4.84 Å². The van der Waals surface area contributed by atoms with Crippen LogP contribution in [0, 0.1) is 11.6 Å². The summed E-state index contributed by atoms with van der Waals surface area (Å²) in [5, 5.41) is 0. The molecule has 2 nitrogen and oxygen atoms in total. The second-order valence-corrected chi connectivity index (χ2v) is 2.45. The summed E-state index contributed by atoms with van der Waals surface area (Å²) in [7, 11) is 0. The van der Waals surface area contributed by atoms with Gasteiger partial charge in [0.05, 0.1) is 0 Å². The molecule has 0 saturated carbocycles. The highest BCUT2D eigenvalue weighted by molar-refractivity contribution is 5.19. The van der Waals surface area contributed by atoms with Crippen molar-refractivity contribution in [3.05, 3.63) is 35.4 Å². The lowest BCUT2D eigenvalue weighted by atomic mass is 10.1. The number of hydrogen-bond donors (Lipinski definition) is 1. The highest BCUT2D eigenvalue weighted by atomic mass is 19.2. The molecule has 2 N–H and O–H groups in total. The van der Waals surface area contributed by atoms with Crippen LogP contribution >= 0.6 is 0 Å². The van der Waals surface area contributed by atoms with Gasteiger partial charge in [-0.1, -0.05) is 6.07 Å². The monoisotopic (exact) mass is 173 g/mol. The van der Waals surface area contributed by atoms with Gasteiger partial charge in [0.25, 0.3) is 0 Å². The van der Waals surface area contributed by atoms with Crippen LogP contribution in [-0.4, -0.2) is 0 Å². The Hall–Kier alpha value is -1.00. The van der Waals surface area contributed by atoms with Gasteiger partial charge in [0.15, 0.2) is 11.6 Å². The molecule has 0 aromatic heterocycles. The molecule has 0 heterocycles. The first-order valence-corrected chi connectivity index (χ1v) is 3.45. The molecule has 1 atom stereocenters. The van der Waals surface area contributed by atoms with E-state index in [1.165, 1.54) is 6.07 Å². The molecule has 1 aromatic rings. The molecular formula is C8H9F2NO. The minimum atomic E-state index is -0.892. The van der Waals surface area contributed by atoms with Gasteiger partial charge >= 0.3 is 0 Å². The van der Waals surface area contributed by atoms with Gasteiger partial charge in [-0.2, -0.15) is 0 Å². The van der Waals surface area contributed by atoms with Crippen molar-refractivity contribution in [3.8, 4) is 0 Å². The number of halogens is 2. The van der Waals surface area contributed by atoms with Crippen molar-refractivity contribution in [3.63, 3.8) is 0 Å². The van der Waals surface area contributed by atoms with Gasteiger partial charge in [-0.3, -0.25) is 4.84 Å². The Balaban J connectivity index is 2.96. The molecule has 0 bridgehead atoms. The van der Waals surface area contributed by atoms with E-state index >= 15 is 0 Å². The standard InChI is InChI=1S/C8H9F2NO/c1-5(12-11)6-2-3-7(9)8(10)4-6/h2-5H,11H2,1H3. The van der Waals surface area contributed by atoms with Gasteiger partial charge in [0.1, 0.15) is 6.10 Å². The van der Waals surface area contributed by atoms with Crippen LogP contribution < -0.4 is 5.90 Å². The Morgan fingerprint density at radius 1 is 1.33 bits per heavy atom. The minimum absolute atomic E-state index is 0.430. The lowest BCUT2D eigenvalue weighted by Gasteiger charge is -2.08. The molecule has 0 spiro atoms. The first kappa shape index (κ1) is 9.09. The Labute approximate surface area is 68.9 Å². The van der Waals surface area contributed by atoms with E-state index in [-0.39, 0.29) is 0 Å². The second-order valence-electron chi connectivity index (χ2n) is 2.45. The smallest absolute Gasteiger partial charge is 0.159 e. The van der Waals surface area contributed by atoms with Crippen molar-refractivity contribution in [2.45, 2.75) is 13.0 Å². The predicted octanol–water partition coefficient (Wildman–Crippen LogP) is 1.92. The van der Waals surface area contributed by atoms with Crippen LogP contribution in [0.3, 0.4) is 0 Å². The van der Waals surface area contributed by atoms with Gasteiger partial charge in [0.2, 0.25) is 0 Å². The predicted molar refractivity (Wildman–Crippen MR) is 40.0 cm³/mol. The fourth-order valence-corrected chi connectivity index (χ4v) is 0.844. The lowest BCUT2D eigenvalue weighted by Crippen LogP contribution is -2.05. The van der Waals surface area contributed by atoms with Crippen molar-refractivity contribution in [2.75, 3.05) is 0 Å². The average molecular weight is 173 g/mol. The fourth-order valence-electron chi connectivity index (χ4n) is 0.844. The quantitative estimate of drug-likeness (QED) is 0.693. The van der Waals surface area contributed by atoms with Crippen LogP contribution in [0.15, 0.2) is 18.2 Å². The fraction of sp³-hybridized carbons (Fsp3) is 0.250. The van der Waals surface area contributed by atoms with Crippen LogP contribution in [0.1, 0.15) is 18.6 Å². The van der Waals surface area contributed by atoms with E-state index in [1.807, 2.05) is 0 Å². The molecule has 1 rings (SSSR count). The number of rotatable bonds is 2. The van der Waals surface area contributed by atoms with Gasteiger partial charge in [-0.15, -0.1) is 0 Å². The summed E-state index contributed by atoms with van der Waals surface area (Å²) in [6.45, 7) is 1.65. The molecule has 0 aliphatic carbocycles. The molecule has 0 saturated heterocycles. The zero-order valence-corrected chi connectivity index (χ0v) is 6.55. The van der Waals surface area contributed by atoms with Crippen molar-refractivity contribution in [1.29, 1.82) is 0 Å². The van der Waals surface area contributed by atoms with E-state index in [0.29, 0.717) is 5.56 Å². The number of hydrogen-bond acceptors (Lipinski definition) is 2. The van der Waals surface area contributed by atoms with E-state index in [4.69, 9.17) is 5.90 Å². The maximum absolute atomic E-state index is 12.6. The summed E-state index contributed by atoms with van der Waals surface area (Å²) in [5.74, 6) is 3.11. The average Bonchev–Trinajstić information content (AvgIpc) is 2.08. The maximum atomic E-state index is 12.6. The van der Waals surface area contributed by atoms with Crippen LogP contribution in [0.25, 0.3) is 0 Å². The molecule has 0 aliphatic rings. The molecule has 1 aromatic carbocycles. The molecular weight excluding hydrogens is 164 g/mol. The summed E-state index contributed by atoms with van der Waals surface area (Å²) in [5.41, 5.74) is 0.511. The molecule has 12 heavy (non-hydrogen) atoms. The zero-order chi connectivity index (χ0) is 9.14.